The topological polar surface area (TPSA) is 47.6 Å². The summed E-state index contributed by atoms with van der Waals surface area (Å²) in [7, 11) is 0. The van der Waals surface area contributed by atoms with Crippen molar-refractivity contribution in [2.45, 2.75) is 31.9 Å². The fraction of sp³-hybridized carbons (Fsp3) is 0.208. The maximum atomic E-state index is 12.2. The van der Waals surface area contributed by atoms with E-state index < -0.39 is 6.36 Å². The molecule has 0 spiro atoms. The van der Waals surface area contributed by atoms with E-state index in [1.807, 2.05) is 48.5 Å². The number of carbonyl (C=O) groups excluding carboxylic acids is 1. The van der Waals surface area contributed by atoms with Gasteiger partial charge in [0.1, 0.15) is 18.1 Å². The van der Waals surface area contributed by atoms with Gasteiger partial charge in [0.15, 0.2) is 0 Å². The van der Waals surface area contributed by atoms with Crippen molar-refractivity contribution in [2.24, 2.45) is 0 Å². The molecule has 0 bridgehead atoms. The van der Waals surface area contributed by atoms with E-state index in [-0.39, 0.29) is 24.3 Å². The molecule has 1 amide bonds. The van der Waals surface area contributed by atoms with Gasteiger partial charge in [0.05, 0.1) is 6.04 Å². The van der Waals surface area contributed by atoms with Gasteiger partial charge in [-0.15, -0.1) is 13.2 Å². The van der Waals surface area contributed by atoms with Crippen LogP contribution in [0.4, 0.5) is 13.2 Å². The molecule has 1 heterocycles. The summed E-state index contributed by atoms with van der Waals surface area (Å²) in [6.07, 6.45) is -3.31. The van der Waals surface area contributed by atoms with Crippen LogP contribution in [0.3, 0.4) is 0 Å². The van der Waals surface area contributed by atoms with Crippen LogP contribution in [0, 0.1) is 0 Å². The summed E-state index contributed by atoms with van der Waals surface area (Å²) in [6, 6.07) is 21.4. The molecule has 4 nitrogen and oxygen atoms in total. The number of carbonyl (C=O) groups is 1. The molecule has 0 saturated carbocycles. The van der Waals surface area contributed by atoms with Crippen LogP contribution < -0.4 is 14.8 Å². The lowest BCUT2D eigenvalue weighted by Crippen LogP contribution is -2.18. The Morgan fingerprint density at radius 1 is 0.839 bits per heavy atom. The van der Waals surface area contributed by atoms with E-state index in [0.717, 1.165) is 28.7 Å². The Morgan fingerprint density at radius 3 is 1.97 bits per heavy atom. The minimum absolute atomic E-state index is 0.0893. The maximum Gasteiger partial charge on any atom is 0.573 e. The molecule has 0 radical (unpaired) electrons. The average molecular weight is 427 g/mol. The monoisotopic (exact) mass is 427 g/mol. The second-order valence-electron chi connectivity index (χ2n) is 7.29. The molecule has 31 heavy (non-hydrogen) atoms. The van der Waals surface area contributed by atoms with E-state index >= 15 is 0 Å². The molecular weight excluding hydrogens is 407 g/mol. The first kappa shape index (κ1) is 20.8. The number of ether oxygens (including phenoxy) is 2. The van der Waals surface area contributed by atoms with E-state index in [1.165, 1.54) is 24.3 Å². The third-order valence-corrected chi connectivity index (χ3v) is 5.06. The Morgan fingerprint density at radius 2 is 1.42 bits per heavy atom. The number of amides is 1. The van der Waals surface area contributed by atoms with Crippen molar-refractivity contribution in [3.63, 3.8) is 0 Å². The maximum absolute atomic E-state index is 12.2. The molecule has 0 aromatic heterocycles. The lowest BCUT2D eigenvalue weighted by Gasteiger charge is -2.12. The predicted molar refractivity (Wildman–Crippen MR) is 109 cm³/mol. The van der Waals surface area contributed by atoms with E-state index in [2.05, 4.69) is 10.1 Å². The van der Waals surface area contributed by atoms with Gasteiger partial charge in [0, 0.05) is 6.42 Å². The van der Waals surface area contributed by atoms with Crippen LogP contribution in [0.5, 0.6) is 11.5 Å². The van der Waals surface area contributed by atoms with Crippen LogP contribution in [-0.4, -0.2) is 12.3 Å². The van der Waals surface area contributed by atoms with Gasteiger partial charge in [-0.25, -0.2) is 0 Å². The second-order valence-corrected chi connectivity index (χ2v) is 7.29. The number of nitrogens with one attached hydrogen (secondary N) is 1. The normalized spacial score (nSPS) is 16.1. The third kappa shape index (κ3) is 5.57. The summed E-state index contributed by atoms with van der Waals surface area (Å²) in [5, 5.41) is 2.96. The molecule has 1 atom stereocenters. The van der Waals surface area contributed by atoms with Gasteiger partial charge in [-0.05, 0) is 52.9 Å². The molecule has 1 unspecified atom stereocenters. The zero-order valence-corrected chi connectivity index (χ0v) is 16.5. The van der Waals surface area contributed by atoms with Gasteiger partial charge < -0.3 is 14.8 Å². The van der Waals surface area contributed by atoms with Crippen LogP contribution >= 0.6 is 0 Å². The van der Waals surface area contributed by atoms with Gasteiger partial charge in [-0.2, -0.15) is 0 Å². The second kappa shape index (κ2) is 8.71. The SMILES string of the molecule is O=C1CCC(c2ccc(-c3ccc(OCc4ccc(OC(F)(F)F)cc4)cc3)cc2)N1. The van der Waals surface area contributed by atoms with Gasteiger partial charge in [-0.1, -0.05) is 48.5 Å². The van der Waals surface area contributed by atoms with Gasteiger partial charge >= 0.3 is 6.36 Å². The molecule has 0 aliphatic carbocycles. The fourth-order valence-corrected chi connectivity index (χ4v) is 3.47. The molecule has 7 heteroatoms. The number of hydrogen-bond acceptors (Lipinski definition) is 3. The van der Waals surface area contributed by atoms with Crippen molar-refractivity contribution in [1.29, 1.82) is 0 Å². The summed E-state index contributed by atoms with van der Waals surface area (Å²) in [5.41, 5.74) is 3.91. The smallest absolute Gasteiger partial charge is 0.489 e. The molecule has 3 aromatic carbocycles. The largest absolute Gasteiger partial charge is 0.573 e. The molecular formula is C24H20F3NO3. The first-order chi connectivity index (χ1) is 14.9. The highest BCUT2D eigenvalue weighted by atomic mass is 19.4. The molecule has 1 saturated heterocycles. The average Bonchev–Trinajstić information content (AvgIpc) is 3.19. The summed E-state index contributed by atoms with van der Waals surface area (Å²) in [4.78, 5) is 11.4. The van der Waals surface area contributed by atoms with Gasteiger partial charge in [0.2, 0.25) is 5.91 Å². The first-order valence-corrected chi connectivity index (χ1v) is 9.83. The van der Waals surface area contributed by atoms with Crippen LogP contribution in [0.25, 0.3) is 11.1 Å². The Hall–Kier alpha value is -3.48. The summed E-state index contributed by atoms with van der Waals surface area (Å²) in [6.45, 7) is 0.230. The van der Waals surface area contributed by atoms with Crippen LogP contribution in [0.15, 0.2) is 72.8 Å². The van der Waals surface area contributed by atoms with Crippen LogP contribution in [0.1, 0.15) is 30.0 Å². The van der Waals surface area contributed by atoms with Crippen molar-refractivity contribution < 1.29 is 27.4 Å². The quantitative estimate of drug-likeness (QED) is 0.542. The highest BCUT2D eigenvalue weighted by Gasteiger charge is 2.30. The molecule has 1 fully saturated rings. The Kier molecular flexibility index (Phi) is 5.84. The number of alkyl halides is 3. The first-order valence-electron chi connectivity index (χ1n) is 9.83. The van der Waals surface area contributed by atoms with Gasteiger partial charge in [0.25, 0.3) is 0 Å². The van der Waals surface area contributed by atoms with Crippen molar-refractivity contribution in [3.8, 4) is 22.6 Å². The number of benzene rings is 3. The molecule has 160 valence electrons. The minimum atomic E-state index is -4.70. The van der Waals surface area contributed by atoms with E-state index in [0.29, 0.717) is 12.2 Å². The molecule has 1 aliphatic heterocycles. The Bertz CT molecular complexity index is 1030. The summed E-state index contributed by atoms with van der Waals surface area (Å²) in [5.74, 6) is 0.488. The zero-order chi connectivity index (χ0) is 21.8. The van der Waals surface area contributed by atoms with E-state index in [4.69, 9.17) is 4.74 Å². The molecule has 4 rings (SSSR count). The standard InChI is InChI=1S/C24H20F3NO3/c25-24(26,27)31-21-9-1-16(2-10-21)15-30-20-11-7-18(8-12-20)17-3-5-19(6-4-17)22-13-14-23(29)28-22/h1-12,22H,13-15H2,(H,28,29). The number of hydrogen-bond donors (Lipinski definition) is 1. The zero-order valence-electron chi connectivity index (χ0n) is 16.5. The fourth-order valence-electron chi connectivity index (χ4n) is 3.47. The van der Waals surface area contributed by atoms with Crippen LogP contribution in [0.2, 0.25) is 0 Å². The lowest BCUT2D eigenvalue weighted by molar-refractivity contribution is -0.274. The summed E-state index contributed by atoms with van der Waals surface area (Å²) >= 11 is 0. The molecule has 1 N–H and O–H groups in total. The number of halogens is 3. The highest BCUT2D eigenvalue weighted by Crippen LogP contribution is 2.28. The van der Waals surface area contributed by atoms with E-state index in [9.17, 15) is 18.0 Å². The molecule has 1 aliphatic rings. The minimum Gasteiger partial charge on any atom is -0.489 e. The summed E-state index contributed by atoms with van der Waals surface area (Å²) < 4.78 is 46.2. The Labute approximate surface area is 177 Å². The van der Waals surface area contributed by atoms with Crippen molar-refractivity contribution in [2.75, 3.05) is 0 Å². The van der Waals surface area contributed by atoms with Crippen molar-refractivity contribution in [3.05, 3.63) is 83.9 Å². The Balaban J connectivity index is 1.33. The molecule has 3 aromatic rings. The van der Waals surface area contributed by atoms with Gasteiger partial charge in [-0.3, -0.25) is 4.79 Å². The van der Waals surface area contributed by atoms with E-state index in [1.54, 1.807) is 0 Å². The predicted octanol–water partition coefficient (Wildman–Crippen LogP) is 5.78. The van der Waals surface area contributed by atoms with Crippen molar-refractivity contribution >= 4 is 5.91 Å². The number of rotatable bonds is 6. The highest BCUT2D eigenvalue weighted by molar-refractivity contribution is 5.78. The van der Waals surface area contributed by atoms with Crippen LogP contribution in [-0.2, 0) is 11.4 Å². The third-order valence-electron chi connectivity index (χ3n) is 5.06. The van der Waals surface area contributed by atoms with Crippen molar-refractivity contribution in [1.82, 2.24) is 5.32 Å². The lowest BCUT2D eigenvalue weighted by atomic mass is 10.00.